The van der Waals surface area contributed by atoms with Crippen LogP contribution in [0.3, 0.4) is 0 Å². The van der Waals surface area contributed by atoms with E-state index >= 15 is 0 Å². The Kier molecular flexibility index (Phi) is 4.90. The van der Waals surface area contributed by atoms with E-state index in [1.54, 1.807) is 12.4 Å². The van der Waals surface area contributed by atoms with E-state index in [4.69, 9.17) is 4.42 Å². The lowest BCUT2D eigenvalue weighted by molar-refractivity contribution is 0.248. The van der Waals surface area contributed by atoms with Crippen LogP contribution in [0.2, 0.25) is 0 Å². The Balaban J connectivity index is 1.68. The van der Waals surface area contributed by atoms with Crippen molar-refractivity contribution in [2.24, 2.45) is 0 Å². The van der Waals surface area contributed by atoms with Crippen LogP contribution >= 0.6 is 11.3 Å². The molecule has 0 aliphatic heterocycles. The Morgan fingerprint density at radius 3 is 2.92 bits per heavy atom. The summed E-state index contributed by atoms with van der Waals surface area (Å²) in [4.78, 5) is 20.7. The first-order valence-corrected chi connectivity index (χ1v) is 8.53. The molecule has 0 aliphatic rings. The van der Waals surface area contributed by atoms with Gasteiger partial charge in [-0.15, -0.1) is 11.3 Å². The smallest absolute Gasteiger partial charge is 0.319 e. The number of carbonyl (C=O) groups excluding carboxylic acids is 1. The van der Waals surface area contributed by atoms with E-state index in [2.05, 4.69) is 20.6 Å². The number of nitrogens with one attached hydrogen (secondary N) is 2. The first-order chi connectivity index (χ1) is 11.7. The number of amides is 2. The largest absolute Gasteiger partial charge is 0.441 e. The summed E-state index contributed by atoms with van der Waals surface area (Å²) in [6.45, 7) is 3.85. The molecule has 1 aromatic carbocycles. The van der Waals surface area contributed by atoms with Crippen molar-refractivity contribution in [1.82, 2.24) is 15.3 Å². The van der Waals surface area contributed by atoms with Crippen molar-refractivity contribution in [2.75, 3.05) is 5.32 Å². The van der Waals surface area contributed by atoms with E-state index in [0.717, 1.165) is 22.8 Å². The molecule has 0 saturated heterocycles. The maximum absolute atomic E-state index is 12.2. The van der Waals surface area contributed by atoms with E-state index in [1.807, 2.05) is 43.5 Å². The second-order valence-electron chi connectivity index (χ2n) is 5.29. The normalized spacial score (nSPS) is 11.9. The van der Waals surface area contributed by atoms with Crippen LogP contribution in [0.15, 0.2) is 46.5 Å². The van der Waals surface area contributed by atoms with E-state index in [-0.39, 0.29) is 12.1 Å². The summed E-state index contributed by atoms with van der Waals surface area (Å²) in [5.74, 6) is 1.28. The lowest BCUT2D eigenvalue weighted by Gasteiger charge is -2.15. The van der Waals surface area contributed by atoms with Crippen molar-refractivity contribution < 1.29 is 9.21 Å². The van der Waals surface area contributed by atoms with Gasteiger partial charge in [-0.3, -0.25) is 0 Å². The third-order valence-electron chi connectivity index (χ3n) is 3.45. The van der Waals surface area contributed by atoms with Crippen molar-refractivity contribution in [3.8, 4) is 11.5 Å². The fraction of sp³-hybridized carbons (Fsp3) is 0.235. The first kappa shape index (κ1) is 16.2. The molecule has 1 atom stereocenters. The highest BCUT2D eigenvalue weighted by molar-refractivity contribution is 7.09. The summed E-state index contributed by atoms with van der Waals surface area (Å²) in [5, 5.41) is 8.58. The van der Waals surface area contributed by atoms with Crippen LogP contribution in [0.25, 0.3) is 11.5 Å². The van der Waals surface area contributed by atoms with Crippen LogP contribution in [-0.4, -0.2) is 16.0 Å². The Morgan fingerprint density at radius 1 is 1.38 bits per heavy atom. The standard InChI is InChI=1S/C17H18N4O2S/c1-3-14(16-18-7-8-24-16)21-17(22)20-13-6-4-5-12(9-13)15-19-10-11(2)23-15/h4-10,14H,3H2,1-2H3,(H2,20,21,22). The molecular weight excluding hydrogens is 324 g/mol. The number of anilines is 1. The quantitative estimate of drug-likeness (QED) is 0.721. The zero-order valence-corrected chi connectivity index (χ0v) is 14.3. The number of benzene rings is 1. The van der Waals surface area contributed by atoms with Gasteiger partial charge in [0.15, 0.2) is 0 Å². The predicted molar refractivity (Wildman–Crippen MR) is 94.0 cm³/mol. The topological polar surface area (TPSA) is 80.0 Å². The highest BCUT2D eigenvalue weighted by Gasteiger charge is 2.15. The lowest BCUT2D eigenvalue weighted by atomic mass is 10.2. The minimum Gasteiger partial charge on any atom is -0.441 e. The van der Waals surface area contributed by atoms with Gasteiger partial charge in [0.25, 0.3) is 0 Å². The second-order valence-corrected chi connectivity index (χ2v) is 6.21. The van der Waals surface area contributed by atoms with Gasteiger partial charge >= 0.3 is 6.03 Å². The molecule has 0 radical (unpaired) electrons. The van der Waals surface area contributed by atoms with E-state index in [9.17, 15) is 4.79 Å². The summed E-state index contributed by atoms with van der Waals surface area (Å²) in [7, 11) is 0. The van der Waals surface area contributed by atoms with Crippen molar-refractivity contribution in [3.05, 3.63) is 52.8 Å². The number of hydrogen-bond acceptors (Lipinski definition) is 5. The highest BCUT2D eigenvalue weighted by atomic mass is 32.1. The Morgan fingerprint density at radius 2 is 2.25 bits per heavy atom. The Bertz CT molecular complexity index is 814. The Hall–Kier alpha value is -2.67. The van der Waals surface area contributed by atoms with Crippen LogP contribution in [0, 0.1) is 6.92 Å². The van der Waals surface area contributed by atoms with E-state index in [0.29, 0.717) is 11.6 Å². The summed E-state index contributed by atoms with van der Waals surface area (Å²) >= 11 is 1.53. The molecule has 3 rings (SSSR count). The van der Waals surface area contributed by atoms with Crippen LogP contribution in [0.5, 0.6) is 0 Å². The SMILES string of the molecule is CCC(NC(=O)Nc1cccc(-c2ncc(C)o2)c1)c1nccs1. The first-order valence-electron chi connectivity index (χ1n) is 7.65. The maximum Gasteiger partial charge on any atom is 0.319 e. The molecule has 2 heterocycles. The molecular formula is C17H18N4O2S. The van der Waals surface area contributed by atoms with Gasteiger partial charge in [0.2, 0.25) is 5.89 Å². The number of nitrogens with zero attached hydrogens (tertiary/aromatic N) is 2. The van der Waals surface area contributed by atoms with Crippen LogP contribution in [-0.2, 0) is 0 Å². The number of urea groups is 1. The molecule has 2 N–H and O–H groups in total. The molecule has 7 heteroatoms. The predicted octanol–water partition coefficient (Wildman–Crippen LogP) is 4.38. The second kappa shape index (κ2) is 7.27. The number of oxazole rings is 1. The van der Waals surface area contributed by atoms with Crippen molar-refractivity contribution >= 4 is 23.1 Å². The van der Waals surface area contributed by atoms with Gasteiger partial charge in [-0.25, -0.2) is 14.8 Å². The molecule has 0 saturated carbocycles. The van der Waals surface area contributed by atoms with Gasteiger partial charge in [0, 0.05) is 22.8 Å². The molecule has 2 amide bonds. The number of hydrogen-bond donors (Lipinski definition) is 2. The molecule has 0 fully saturated rings. The van der Waals surface area contributed by atoms with Gasteiger partial charge in [-0.05, 0) is 31.5 Å². The Labute approximate surface area is 144 Å². The lowest BCUT2D eigenvalue weighted by Crippen LogP contribution is -2.32. The number of rotatable bonds is 5. The summed E-state index contributed by atoms with van der Waals surface area (Å²) in [6.07, 6.45) is 4.18. The number of aryl methyl sites for hydroxylation is 1. The molecule has 6 nitrogen and oxygen atoms in total. The number of thiazole rings is 1. The number of carbonyl (C=O) groups is 1. The van der Waals surface area contributed by atoms with Gasteiger partial charge in [0.05, 0.1) is 12.2 Å². The molecule has 3 aromatic rings. The average Bonchev–Trinajstić information content (AvgIpc) is 3.24. The van der Waals surface area contributed by atoms with Gasteiger partial charge in [-0.1, -0.05) is 13.0 Å². The van der Waals surface area contributed by atoms with E-state index < -0.39 is 0 Å². The van der Waals surface area contributed by atoms with Crippen LogP contribution in [0.4, 0.5) is 10.5 Å². The fourth-order valence-corrected chi connectivity index (χ4v) is 3.06. The van der Waals surface area contributed by atoms with Crippen molar-refractivity contribution in [1.29, 1.82) is 0 Å². The third-order valence-corrected chi connectivity index (χ3v) is 4.34. The van der Waals surface area contributed by atoms with Gasteiger partial charge < -0.3 is 15.1 Å². The molecule has 124 valence electrons. The summed E-state index contributed by atoms with van der Waals surface area (Å²) in [5.41, 5.74) is 1.49. The average molecular weight is 342 g/mol. The number of aromatic nitrogens is 2. The molecule has 1 unspecified atom stereocenters. The minimum atomic E-state index is -0.266. The molecule has 0 aliphatic carbocycles. The van der Waals surface area contributed by atoms with Gasteiger partial charge in [-0.2, -0.15) is 0 Å². The highest BCUT2D eigenvalue weighted by Crippen LogP contribution is 2.23. The maximum atomic E-state index is 12.2. The molecule has 2 aromatic heterocycles. The van der Waals surface area contributed by atoms with Crippen molar-refractivity contribution in [2.45, 2.75) is 26.3 Å². The minimum absolute atomic E-state index is 0.0948. The molecule has 0 bridgehead atoms. The summed E-state index contributed by atoms with van der Waals surface area (Å²) in [6, 6.07) is 7.03. The fourth-order valence-electron chi connectivity index (χ4n) is 2.29. The van der Waals surface area contributed by atoms with Crippen LogP contribution < -0.4 is 10.6 Å². The summed E-state index contributed by atoms with van der Waals surface area (Å²) < 4.78 is 5.51. The van der Waals surface area contributed by atoms with E-state index in [1.165, 1.54) is 11.3 Å². The monoisotopic (exact) mass is 342 g/mol. The third kappa shape index (κ3) is 3.80. The van der Waals surface area contributed by atoms with Gasteiger partial charge in [0.1, 0.15) is 10.8 Å². The van der Waals surface area contributed by atoms with Crippen molar-refractivity contribution in [3.63, 3.8) is 0 Å². The zero-order valence-electron chi connectivity index (χ0n) is 13.4. The molecule has 24 heavy (non-hydrogen) atoms. The molecule has 0 spiro atoms. The zero-order chi connectivity index (χ0) is 16.9. The van der Waals surface area contributed by atoms with Crippen LogP contribution in [0.1, 0.15) is 30.2 Å².